The van der Waals surface area contributed by atoms with Crippen molar-refractivity contribution in [2.75, 3.05) is 26.2 Å². The molecule has 1 aromatic heterocycles. The highest BCUT2D eigenvalue weighted by Gasteiger charge is 2.26. The van der Waals surface area contributed by atoms with Crippen LogP contribution in [0.3, 0.4) is 0 Å². The van der Waals surface area contributed by atoms with Crippen LogP contribution in [0.25, 0.3) is 0 Å². The summed E-state index contributed by atoms with van der Waals surface area (Å²) in [5.74, 6) is -0.398. The summed E-state index contributed by atoms with van der Waals surface area (Å²) in [6.07, 6.45) is 0.181. The molecule has 2 heterocycles. The molecule has 1 aliphatic heterocycles. The third-order valence-electron chi connectivity index (χ3n) is 4.53. The molecule has 1 saturated heterocycles. The summed E-state index contributed by atoms with van der Waals surface area (Å²) in [6.45, 7) is 5.84. The van der Waals surface area contributed by atoms with E-state index in [0.29, 0.717) is 37.4 Å². The van der Waals surface area contributed by atoms with Crippen LogP contribution in [0.4, 0.5) is 4.39 Å². The van der Waals surface area contributed by atoms with Crippen molar-refractivity contribution in [3.63, 3.8) is 0 Å². The van der Waals surface area contributed by atoms with E-state index in [2.05, 4.69) is 4.98 Å². The number of aromatic nitrogens is 1. The minimum atomic E-state index is -0.336. The van der Waals surface area contributed by atoms with Gasteiger partial charge in [-0.2, -0.15) is 0 Å². The van der Waals surface area contributed by atoms with E-state index in [1.54, 1.807) is 21.9 Å². The molecule has 0 aliphatic carbocycles. The lowest BCUT2D eigenvalue weighted by Gasteiger charge is -2.34. The van der Waals surface area contributed by atoms with Gasteiger partial charge in [0.1, 0.15) is 11.5 Å². The first kappa shape index (κ1) is 17.2. The van der Waals surface area contributed by atoms with Gasteiger partial charge in [0.25, 0.3) is 5.91 Å². The molecule has 25 heavy (non-hydrogen) atoms. The number of hydrogen-bond donors (Lipinski definition) is 1. The van der Waals surface area contributed by atoms with Crippen LogP contribution in [-0.2, 0) is 11.2 Å². The Bertz CT molecular complexity index is 792. The Morgan fingerprint density at radius 3 is 2.36 bits per heavy atom. The van der Waals surface area contributed by atoms with Crippen LogP contribution in [-0.4, -0.2) is 52.8 Å². The summed E-state index contributed by atoms with van der Waals surface area (Å²) in [7, 11) is 0. The minimum Gasteiger partial charge on any atom is -0.354 e. The molecule has 6 heteroatoms. The van der Waals surface area contributed by atoms with Gasteiger partial charge in [0.15, 0.2) is 0 Å². The predicted molar refractivity (Wildman–Crippen MR) is 92.9 cm³/mol. The number of rotatable bonds is 3. The Hall–Kier alpha value is -2.63. The van der Waals surface area contributed by atoms with Gasteiger partial charge in [0, 0.05) is 31.9 Å². The largest absolute Gasteiger partial charge is 0.354 e. The topological polar surface area (TPSA) is 56.4 Å². The molecule has 132 valence electrons. The number of hydrogen-bond acceptors (Lipinski definition) is 2. The lowest BCUT2D eigenvalue weighted by atomic mass is 10.1. The lowest BCUT2D eigenvalue weighted by Crippen LogP contribution is -2.51. The molecular formula is C19H22FN3O2. The van der Waals surface area contributed by atoms with Crippen molar-refractivity contribution in [3.8, 4) is 0 Å². The van der Waals surface area contributed by atoms with Gasteiger partial charge in [-0.3, -0.25) is 9.59 Å². The number of halogens is 1. The van der Waals surface area contributed by atoms with E-state index in [4.69, 9.17) is 0 Å². The quantitative estimate of drug-likeness (QED) is 0.930. The highest BCUT2D eigenvalue weighted by Crippen LogP contribution is 2.14. The molecule has 1 fully saturated rings. The molecule has 0 spiro atoms. The predicted octanol–water partition coefficient (Wildman–Crippen LogP) is 2.30. The summed E-state index contributed by atoms with van der Waals surface area (Å²) in [6, 6.07) is 8.05. The molecule has 1 aliphatic rings. The second kappa shape index (κ2) is 7.09. The van der Waals surface area contributed by atoms with Crippen LogP contribution in [0, 0.1) is 19.7 Å². The van der Waals surface area contributed by atoms with Gasteiger partial charge >= 0.3 is 0 Å². The van der Waals surface area contributed by atoms with Crippen LogP contribution < -0.4 is 0 Å². The van der Waals surface area contributed by atoms with E-state index in [9.17, 15) is 14.0 Å². The van der Waals surface area contributed by atoms with E-state index in [1.807, 2.05) is 19.9 Å². The number of nitrogens with one attached hydrogen (secondary N) is 1. The number of benzene rings is 1. The van der Waals surface area contributed by atoms with Gasteiger partial charge in [-0.25, -0.2) is 4.39 Å². The average Bonchev–Trinajstić information content (AvgIpc) is 2.92. The van der Waals surface area contributed by atoms with E-state index in [1.165, 1.54) is 12.1 Å². The number of carbonyl (C=O) groups excluding carboxylic acids is 2. The van der Waals surface area contributed by atoms with E-state index in [0.717, 1.165) is 11.3 Å². The van der Waals surface area contributed by atoms with Gasteiger partial charge in [0.05, 0.1) is 6.42 Å². The lowest BCUT2D eigenvalue weighted by molar-refractivity contribution is -0.131. The molecule has 0 unspecified atom stereocenters. The standard InChI is InChI=1S/C19H22FN3O2/c1-13-10-14(2)21-18(13)19(25)23-8-6-22(7-9-23)17(24)12-15-4-3-5-16(20)11-15/h3-5,10-11,21H,6-9,12H2,1-2H3. The first-order valence-electron chi connectivity index (χ1n) is 8.42. The molecule has 1 N–H and O–H groups in total. The van der Waals surface area contributed by atoms with E-state index >= 15 is 0 Å². The number of H-pyrrole nitrogens is 1. The van der Waals surface area contributed by atoms with Crippen molar-refractivity contribution in [1.29, 1.82) is 0 Å². The number of carbonyl (C=O) groups is 2. The fraction of sp³-hybridized carbons (Fsp3) is 0.368. The molecule has 3 rings (SSSR count). The molecule has 0 atom stereocenters. The molecule has 0 saturated carbocycles. The van der Waals surface area contributed by atoms with Gasteiger partial charge in [-0.1, -0.05) is 12.1 Å². The van der Waals surface area contributed by atoms with Crippen molar-refractivity contribution in [2.24, 2.45) is 0 Å². The second-order valence-corrected chi connectivity index (χ2v) is 6.49. The Labute approximate surface area is 146 Å². The molecule has 0 radical (unpaired) electrons. The molecule has 2 amide bonds. The first-order chi connectivity index (χ1) is 11.9. The Morgan fingerprint density at radius 2 is 1.76 bits per heavy atom. The van der Waals surface area contributed by atoms with Gasteiger partial charge < -0.3 is 14.8 Å². The molecule has 5 nitrogen and oxygen atoms in total. The van der Waals surface area contributed by atoms with Crippen LogP contribution in [0.2, 0.25) is 0 Å². The van der Waals surface area contributed by atoms with Crippen molar-refractivity contribution in [3.05, 3.63) is 58.7 Å². The molecule has 1 aromatic carbocycles. The summed E-state index contributed by atoms with van der Waals surface area (Å²) in [5.41, 5.74) is 3.19. The SMILES string of the molecule is Cc1cc(C)c(C(=O)N2CCN(C(=O)Cc3cccc(F)c3)CC2)[nH]1. The summed E-state index contributed by atoms with van der Waals surface area (Å²) >= 11 is 0. The Kier molecular flexibility index (Phi) is 4.88. The first-order valence-corrected chi connectivity index (χ1v) is 8.42. The van der Waals surface area contributed by atoms with Crippen molar-refractivity contribution >= 4 is 11.8 Å². The highest BCUT2D eigenvalue weighted by molar-refractivity contribution is 5.94. The van der Waals surface area contributed by atoms with E-state index in [-0.39, 0.29) is 24.1 Å². The summed E-state index contributed by atoms with van der Waals surface area (Å²) < 4.78 is 13.2. The number of aromatic amines is 1. The zero-order valence-electron chi connectivity index (χ0n) is 14.5. The van der Waals surface area contributed by atoms with Crippen LogP contribution in [0.5, 0.6) is 0 Å². The summed E-state index contributed by atoms with van der Waals surface area (Å²) in [5, 5.41) is 0. The minimum absolute atomic E-state index is 0.0252. The number of piperazine rings is 1. The third kappa shape index (κ3) is 3.90. The fourth-order valence-electron chi connectivity index (χ4n) is 3.20. The van der Waals surface area contributed by atoms with Crippen molar-refractivity contribution < 1.29 is 14.0 Å². The number of amides is 2. The van der Waals surface area contributed by atoms with Crippen molar-refractivity contribution in [2.45, 2.75) is 20.3 Å². The van der Waals surface area contributed by atoms with Gasteiger partial charge in [0.2, 0.25) is 5.91 Å². The molecular weight excluding hydrogens is 321 g/mol. The maximum absolute atomic E-state index is 13.2. The highest BCUT2D eigenvalue weighted by atomic mass is 19.1. The normalized spacial score (nSPS) is 14.7. The maximum Gasteiger partial charge on any atom is 0.270 e. The fourth-order valence-corrected chi connectivity index (χ4v) is 3.20. The van der Waals surface area contributed by atoms with Crippen molar-refractivity contribution in [1.82, 2.24) is 14.8 Å². The van der Waals surface area contributed by atoms with Crippen LogP contribution >= 0.6 is 0 Å². The zero-order chi connectivity index (χ0) is 18.0. The Morgan fingerprint density at radius 1 is 1.08 bits per heavy atom. The van der Waals surface area contributed by atoms with Crippen LogP contribution in [0.15, 0.2) is 30.3 Å². The second-order valence-electron chi connectivity index (χ2n) is 6.49. The van der Waals surface area contributed by atoms with Gasteiger partial charge in [-0.15, -0.1) is 0 Å². The van der Waals surface area contributed by atoms with Gasteiger partial charge in [-0.05, 0) is 43.2 Å². The average molecular weight is 343 g/mol. The number of aryl methyl sites for hydroxylation is 2. The molecule has 0 bridgehead atoms. The maximum atomic E-state index is 13.2. The van der Waals surface area contributed by atoms with Crippen LogP contribution in [0.1, 0.15) is 27.3 Å². The number of nitrogens with zero attached hydrogens (tertiary/aromatic N) is 2. The van der Waals surface area contributed by atoms with E-state index < -0.39 is 0 Å². The Balaban J connectivity index is 1.57. The summed E-state index contributed by atoms with van der Waals surface area (Å²) in [4.78, 5) is 31.6. The monoisotopic (exact) mass is 343 g/mol. The molecule has 2 aromatic rings. The smallest absolute Gasteiger partial charge is 0.270 e. The third-order valence-corrected chi connectivity index (χ3v) is 4.53. The zero-order valence-corrected chi connectivity index (χ0v) is 14.5.